The zero-order chi connectivity index (χ0) is 24.7. The van der Waals surface area contributed by atoms with Crippen molar-refractivity contribution in [1.82, 2.24) is 0 Å². The summed E-state index contributed by atoms with van der Waals surface area (Å²) < 4.78 is 22.4. The molecule has 1 saturated carbocycles. The summed E-state index contributed by atoms with van der Waals surface area (Å²) in [6, 6.07) is 1.82. The molecule has 34 heavy (non-hydrogen) atoms. The average Bonchev–Trinajstić information content (AvgIpc) is 3.35. The molecule has 0 amide bonds. The molecule has 3 fully saturated rings. The van der Waals surface area contributed by atoms with Gasteiger partial charge in [-0.2, -0.15) is 0 Å². The molecule has 7 nitrogen and oxygen atoms in total. The summed E-state index contributed by atoms with van der Waals surface area (Å²) in [4.78, 5) is 38.2. The number of epoxide rings is 1. The first kappa shape index (κ1) is 23.1. The smallest absolute Gasteiger partial charge is 0.339 e. The fourth-order valence-corrected chi connectivity index (χ4v) is 7.27. The van der Waals surface area contributed by atoms with Crippen LogP contribution in [0.4, 0.5) is 0 Å². The van der Waals surface area contributed by atoms with Crippen LogP contribution in [0.15, 0.2) is 47.3 Å². The highest BCUT2D eigenvalue weighted by molar-refractivity contribution is 5.96. The molecule has 2 aliphatic heterocycles. The molecule has 1 spiro atoms. The zero-order valence-electron chi connectivity index (χ0n) is 20.4. The van der Waals surface area contributed by atoms with Crippen LogP contribution in [0.25, 0.3) is 0 Å². The van der Waals surface area contributed by atoms with Gasteiger partial charge in [-0.1, -0.05) is 40.3 Å². The lowest BCUT2D eigenvalue weighted by Crippen LogP contribution is -2.58. The van der Waals surface area contributed by atoms with Gasteiger partial charge in [0.05, 0.1) is 26.1 Å². The lowest BCUT2D eigenvalue weighted by Gasteiger charge is -2.56. The molecule has 0 unspecified atom stereocenters. The molecule has 7 atom stereocenters. The van der Waals surface area contributed by atoms with E-state index < -0.39 is 40.0 Å². The van der Waals surface area contributed by atoms with E-state index in [1.807, 2.05) is 26.0 Å². The van der Waals surface area contributed by atoms with Crippen LogP contribution in [0.2, 0.25) is 0 Å². The summed E-state index contributed by atoms with van der Waals surface area (Å²) in [5.41, 5.74) is -1.04. The third-order valence-corrected chi connectivity index (χ3v) is 9.39. The molecule has 2 aliphatic carbocycles. The van der Waals surface area contributed by atoms with E-state index in [2.05, 4.69) is 20.4 Å². The van der Waals surface area contributed by atoms with Crippen molar-refractivity contribution in [3.05, 3.63) is 48.5 Å². The molecule has 4 aliphatic rings. The minimum absolute atomic E-state index is 0.00915. The third kappa shape index (κ3) is 2.76. The highest BCUT2D eigenvalue weighted by Crippen LogP contribution is 2.72. The van der Waals surface area contributed by atoms with Crippen LogP contribution in [0, 0.1) is 28.1 Å². The minimum Gasteiger partial charge on any atom is -0.472 e. The predicted molar refractivity (Wildman–Crippen MR) is 121 cm³/mol. The number of ketones is 1. The monoisotopic (exact) mass is 468 g/mol. The number of carbonyl (C=O) groups excluding carboxylic acids is 3. The third-order valence-electron chi connectivity index (χ3n) is 9.39. The lowest BCUT2D eigenvalue weighted by atomic mass is 9.47. The van der Waals surface area contributed by atoms with Crippen molar-refractivity contribution in [1.29, 1.82) is 0 Å². The van der Waals surface area contributed by atoms with E-state index in [9.17, 15) is 14.4 Å². The molecule has 182 valence electrons. The molecule has 7 heteroatoms. The first-order valence-corrected chi connectivity index (χ1v) is 11.8. The van der Waals surface area contributed by atoms with E-state index in [4.69, 9.17) is 18.6 Å². The Kier molecular flexibility index (Phi) is 4.87. The van der Waals surface area contributed by atoms with Crippen molar-refractivity contribution in [2.75, 3.05) is 7.11 Å². The molecule has 1 aromatic heterocycles. The summed E-state index contributed by atoms with van der Waals surface area (Å²) in [7, 11) is 1.36. The summed E-state index contributed by atoms with van der Waals surface area (Å²) >= 11 is 0. The maximum Gasteiger partial charge on any atom is 0.339 e. The molecule has 2 saturated heterocycles. The number of rotatable bonds is 4. The Morgan fingerprint density at radius 3 is 2.59 bits per heavy atom. The van der Waals surface area contributed by atoms with Gasteiger partial charge in [0.1, 0.15) is 11.7 Å². The van der Waals surface area contributed by atoms with Crippen LogP contribution in [-0.4, -0.2) is 36.5 Å². The molecule has 0 aromatic carbocycles. The SMILES string of the molecule is C=C1[C@H]([C@]2(C)C=CC(=O)C(C)(C)[C@@H]2CC(=O)OC)CC[C@]2(C)[C@H](c3ccoc3)OC(=O)[C@H]3O[C@]132. The van der Waals surface area contributed by atoms with E-state index in [0.29, 0.717) is 0 Å². The molecule has 0 N–H and O–H groups in total. The Morgan fingerprint density at radius 1 is 1.21 bits per heavy atom. The van der Waals surface area contributed by atoms with Crippen molar-refractivity contribution in [3.8, 4) is 0 Å². The first-order valence-electron chi connectivity index (χ1n) is 11.8. The van der Waals surface area contributed by atoms with Gasteiger partial charge < -0.3 is 18.6 Å². The lowest BCUT2D eigenvalue weighted by molar-refractivity contribution is -0.168. The number of methoxy groups -OCH3 is 1. The Labute approximate surface area is 199 Å². The normalized spacial score (nSPS) is 42.4. The van der Waals surface area contributed by atoms with Gasteiger partial charge in [-0.15, -0.1) is 0 Å². The van der Waals surface area contributed by atoms with Crippen LogP contribution < -0.4 is 0 Å². The maximum atomic E-state index is 12.9. The van der Waals surface area contributed by atoms with Crippen LogP contribution in [0.3, 0.4) is 0 Å². The van der Waals surface area contributed by atoms with Crippen molar-refractivity contribution in [3.63, 3.8) is 0 Å². The number of furan rings is 1. The zero-order valence-corrected chi connectivity index (χ0v) is 20.4. The van der Waals surface area contributed by atoms with Gasteiger partial charge in [0.2, 0.25) is 0 Å². The molecule has 3 heterocycles. The number of hydrogen-bond donors (Lipinski definition) is 0. The van der Waals surface area contributed by atoms with Gasteiger partial charge in [0, 0.05) is 16.4 Å². The van der Waals surface area contributed by atoms with E-state index in [1.54, 1.807) is 18.6 Å². The summed E-state index contributed by atoms with van der Waals surface area (Å²) in [5.74, 6) is -1.15. The van der Waals surface area contributed by atoms with Crippen LogP contribution >= 0.6 is 0 Å². The number of ether oxygens (including phenoxy) is 3. The number of esters is 2. The number of cyclic esters (lactones) is 1. The fraction of sp³-hybridized carbons (Fsp3) is 0.593. The van der Waals surface area contributed by atoms with E-state index in [0.717, 1.165) is 24.0 Å². The van der Waals surface area contributed by atoms with E-state index >= 15 is 0 Å². The van der Waals surface area contributed by atoms with Gasteiger partial charge >= 0.3 is 11.9 Å². The van der Waals surface area contributed by atoms with Crippen LogP contribution in [-0.2, 0) is 28.6 Å². The van der Waals surface area contributed by atoms with Crippen molar-refractivity contribution < 1.29 is 33.0 Å². The summed E-state index contributed by atoms with van der Waals surface area (Å²) in [6.45, 7) is 12.5. The highest BCUT2D eigenvalue weighted by atomic mass is 16.7. The molecular weight excluding hydrogens is 436 g/mol. The van der Waals surface area contributed by atoms with Crippen molar-refractivity contribution >= 4 is 17.7 Å². The van der Waals surface area contributed by atoms with Gasteiger partial charge in [0.25, 0.3) is 0 Å². The Bertz CT molecular complexity index is 1100. The van der Waals surface area contributed by atoms with Crippen molar-refractivity contribution in [2.24, 2.45) is 28.1 Å². The molecular formula is C27H32O7. The average molecular weight is 469 g/mol. The van der Waals surface area contributed by atoms with E-state index in [1.165, 1.54) is 7.11 Å². The highest BCUT2D eigenvalue weighted by Gasteiger charge is 2.80. The Balaban J connectivity index is 1.57. The second-order valence-electron chi connectivity index (χ2n) is 11.3. The number of allylic oxidation sites excluding steroid dienone is 2. The Morgan fingerprint density at radius 2 is 1.94 bits per heavy atom. The van der Waals surface area contributed by atoms with Gasteiger partial charge in [-0.25, -0.2) is 4.79 Å². The van der Waals surface area contributed by atoms with Gasteiger partial charge in [-0.3, -0.25) is 9.59 Å². The van der Waals surface area contributed by atoms with Crippen LogP contribution in [0.5, 0.6) is 0 Å². The summed E-state index contributed by atoms with van der Waals surface area (Å²) in [6.07, 6.45) is 7.16. The second-order valence-corrected chi connectivity index (χ2v) is 11.3. The second kappa shape index (κ2) is 7.17. The fourth-order valence-electron chi connectivity index (χ4n) is 7.27. The first-order chi connectivity index (χ1) is 15.9. The quantitative estimate of drug-likeness (QED) is 0.368. The minimum atomic E-state index is -0.856. The van der Waals surface area contributed by atoms with E-state index in [-0.39, 0.29) is 30.0 Å². The Hall–Kier alpha value is -2.67. The van der Waals surface area contributed by atoms with Gasteiger partial charge in [0.15, 0.2) is 11.9 Å². The maximum absolute atomic E-state index is 12.9. The predicted octanol–water partition coefficient (Wildman–Crippen LogP) is 4.34. The topological polar surface area (TPSA) is 95.3 Å². The molecule has 5 rings (SSSR count). The van der Waals surface area contributed by atoms with Crippen LogP contribution in [0.1, 0.15) is 58.6 Å². The number of carbonyl (C=O) groups is 3. The number of hydrogen-bond acceptors (Lipinski definition) is 7. The standard InChI is InChI=1S/C27H32O7/c1-15-17(25(4)10-8-19(28)24(2,3)18(25)13-20(29)31-6)7-11-26(5)21(16-9-12-32-14-16)33-23(30)22-27(15,26)34-22/h8-10,12,14,17-18,21-22H,1,7,11,13H2,2-6H3/t17-,18+,21+,22-,25+,26-,27-/m1/s1. The molecule has 0 radical (unpaired) electrons. The largest absolute Gasteiger partial charge is 0.472 e. The van der Waals surface area contributed by atoms with Crippen molar-refractivity contribution in [2.45, 2.75) is 64.8 Å². The summed E-state index contributed by atoms with van der Waals surface area (Å²) in [5, 5.41) is 0. The van der Waals surface area contributed by atoms with Gasteiger partial charge in [-0.05, 0) is 47.8 Å². The molecule has 1 aromatic rings. The molecule has 0 bridgehead atoms.